The second-order valence-corrected chi connectivity index (χ2v) is 5.73. The number of anilines is 2. The van der Waals surface area contributed by atoms with Crippen molar-refractivity contribution in [3.8, 4) is 5.75 Å². The Labute approximate surface area is 125 Å². The highest BCUT2D eigenvalue weighted by Crippen LogP contribution is 2.18. The van der Waals surface area contributed by atoms with Crippen LogP contribution in [-0.2, 0) is 15.6 Å². The van der Waals surface area contributed by atoms with Gasteiger partial charge < -0.3 is 15.8 Å². The summed E-state index contributed by atoms with van der Waals surface area (Å²) >= 11 is 0. The molecule has 0 aliphatic carbocycles. The Hall–Kier alpha value is -2.34. The van der Waals surface area contributed by atoms with Crippen molar-refractivity contribution in [1.82, 2.24) is 0 Å². The molecule has 1 unspecified atom stereocenters. The number of nitrogens with one attached hydrogen (secondary N) is 1. The fraction of sp³-hybridized carbons (Fsp3) is 0.133. The fourth-order valence-corrected chi connectivity index (χ4v) is 2.81. The van der Waals surface area contributed by atoms with Gasteiger partial charge in [-0.1, -0.05) is 18.2 Å². The van der Waals surface area contributed by atoms with Gasteiger partial charge in [-0.2, -0.15) is 0 Å². The van der Waals surface area contributed by atoms with Gasteiger partial charge in [-0.15, -0.1) is 0 Å². The number of para-hydroxylation sites is 1. The highest BCUT2D eigenvalue weighted by Gasteiger charge is 2.12. The third-order valence-electron chi connectivity index (χ3n) is 2.78. The summed E-state index contributed by atoms with van der Waals surface area (Å²) in [4.78, 5) is 12.4. The van der Waals surface area contributed by atoms with Crippen LogP contribution < -0.4 is 15.8 Å². The Morgan fingerprint density at radius 2 is 2.00 bits per heavy atom. The summed E-state index contributed by atoms with van der Waals surface area (Å²) in [5.74, 6) is 0.150. The van der Waals surface area contributed by atoms with E-state index in [1.54, 1.807) is 55.6 Å². The molecule has 110 valence electrons. The van der Waals surface area contributed by atoms with Gasteiger partial charge in [0.1, 0.15) is 11.5 Å². The van der Waals surface area contributed by atoms with Crippen LogP contribution in [0.3, 0.4) is 0 Å². The van der Waals surface area contributed by atoms with Crippen molar-refractivity contribution < 1.29 is 13.7 Å². The molecule has 0 aromatic heterocycles. The predicted molar refractivity (Wildman–Crippen MR) is 83.8 cm³/mol. The largest absolute Gasteiger partial charge is 0.497 e. The molecule has 0 saturated carbocycles. The fourth-order valence-electron chi connectivity index (χ4n) is 1.78. The number of hydrogen-bond acceptors (Lipinski definition) is 4. The zero-order valence-corrected chi connectivity index (χ0v) is 12.4. The number of methoxy groups -OCH3 is 1. The predicted octanol–water partition coefficient (Wildman–Crippen LogP) is 2.02. The first-order valence-corrected chi connectivity index (χ1v) is 7.59. The first-order valence-electron chi connectivity index (χ1n) is 6.27. The van der Waals surface area contributed by atoms with Crippen LogP contribution in [-0.4, -0.2) is 23.0 Å². The quantitative estimate of drug-likeness (QED) is 0.828. The van der Waals surface area contributed by atoms with Crippen LogP contribution in [0, 0.1) is 0 Å². The van der Waals surface area contributed by atoms with E-state index in [9.17, 15) is 9.00 Å². The van der Waals surface area contributed by atoms with Gasteiger partial charge in [-0.3, -0.25) is 9.00 Å². The normalized spacial score (nSPS) is 11.7. The Kier molecular flexibility index (Phi) is 4.94. The van der Waals surface area contributed by atoms with E-state index in [-0.39, 0.29) is 11.7 Å². The van der Waals surface area contributed by atoms with Crippen LogP contribution in [0.4, 0.5) is 11.4 Å². The summed E-state index contributed by atoms with van der Waals surface area (Å²) in [5.41, 5.74) is 6.76. The van der Waals surface area contributed by atoms with E-state index in [1.165, 1.54) is 0 Å². The Balaban J connectivity index is 2.01. The summed E-state index contributed by atoms with van der Waals surface area (Å²) < 4.78 is 17.2. The number of carbonyl (C=O) groups is 1. The van der Waals surface area contributed by atoms with Crippen LogP contribution in [0.15, 0.2) is 53.4 Å². The highest BCUT2D eigenvalue weighted by molar-refractivity contribution is 7.86. The molecule has 0 heterocycles. The molecule has 2 rings (SSSR count). The number of hydrogen-bond donors (Lipinski definition) is 2. The van der Waals surface area contributed by atoms with Crippen molar-refractivity contribution >= 4 is 28.1 Å². The van der Waals surface area contributed by atoms with E-state index in [2.05, 4.69) is 5.32 Å². The van der Waals surface area contributed by atoms with Crippen molar-refractivity contribution in [1.29, 1.82) is 0 Å². The molecular formula is C15H16N2O3S. The Morgan fingerprint density at radius 1 is 1.24 bits per heavy atom. The summed E-state index contributed by atoms with van der Waals surface area (Å²) in [6.07, 6.45) is 0. The first-order chi connectivity index (χ1) is 10.1. The lowest BCUT2D eigenvalue weighted by molar-refractivity contribution is -0.113. The molecule has 0 spiro atoms. The van der Waals surface area contributed by atoms with Gasteiger partial charge in [-0.25, -0.2) is 0 Å². The van der Waals surface area contributed by atoms with Crippen LogP contribution >= 0.6 is 0 Å². The molecule has 0 bridgehead atoms. The maximum absolute atomic E-state index is 12.1. The standard InChI is InChI=1S/C15H16N2O3S/c1-20-12-6-4-5-11(9-12)17-15(18)10-21(19)14-8-3-2-7-13(14)16/h2-9H,10,16H2,1H3,(H,17,18). The van der Waals surface area contributed by atoms with Crippen molar-refractivity contribution in [2.75, 3.05) is 23.9 Å². The number of ether oxygens (including phenoxy) is 1. The number of rotatable bonds is 5. The highest BCUT2D eigenvalue weighted by atomic mass is 32.2. The zero-order valence-electron chi connectivity index (χ0n) is 11.5. The molecule has 0 fully saturated rings. The number of amides is 1. The molecule has 0 saturated heterocycles. The van der Waals surface area contributed by atoms with Crippen molar-refractivity contribution in [2.24, 2.45) is 0 Å². The van der Waals surface area contributed by atoms with Crippen LogP contribution in [0.1, 0.15) is 0 Å². The second-order valence-electron chi connectivity index (χ2n) is 4.31. The summed E-state index contributed by atoms with van der Waals surface area (Å²) in [7, 11) is 0.0756. The van der Waals surface area contributed by atoms with Crippen molar-refractivity contribution in [3.05, 3.63) is 48.5 Å². The van der Waals surface area contributed by atoms with Crippen LogP contribution in [0.2, 0.25) is 0 Å². The van der Waals surface area contributed by atoms with E-state index >= 15 is 0 Å². The molecule has 1 atom stereocenters. The molecule has 6 heteroatoms. The van der Waals surface area contributed by atoms with Crippen LogP contribution in [0.5, 0.6) is 5.75 Å². The summed E-state index contributed by atoms with van der Waals surface area (Å²) in [6, 6.07) is 13.8. The van der Waals surface area contributed by atoms with Gasteiger partial charge in [0, 0.05) is 17.4 Å². The van der Waals surface area contributed by atoms with E-state index < -0.39 is 10.8 Å². The number of nitrogen functional groups attached to an aromatic ring is 1. The minimum atomic E-state index is -1.47. The maximum atomic E-state index is 12.1. The minimum Gasteiger partial charge on any atom is -0.497 e. The summed E-state index contributed by atoms with van der Waals surface area (Å²) in [5, 5.41) is 2.68. The topological polar surface area (TPSA) is 81.4 Å². The molecule has 21 heavy (non-hydrogen) atoms. The molecule has 2 aromatic rings. The van der Waals surface area contributed by atoms with E-state index in [0.29, 0.717) is 22.0 Å². The van der Waals surface area contributed by atoms with Crippen molar-refractivity contribution in [2.45, 2.75) is 4.90 Å². The minimum absolute atomic E-state index is 0.147. The number of benzene rings is 2. The first kappa shape index (κ1) is 15.1. The molecule has 3 N–H and O–H groups in total. The molecule has 0 aliphatic rings. The molecule has 5 nitrogen and oxygen atoms in total. The molecular weight excluding hydrogens is 288 g/mol. The third-order valence-corrected chi connectivity index (χ3v) is 4.17. The molecule has 0 radical (unpaired) electrons. The smallest absolute Gasteiger partial charge is 0.237 e. The van der Waals surface area contributed by atoms with E-state index in [0.717, 1.165) is 0 Å². The lowest BCUT2D eigenvalue weighted by atomic mass is 10.3. The van der Waals surface area contributed by atoms with E-state index in [1.807, 2.05) is 0 Å². The monoisotopic (exact) mass is 304 g/mol. The van der Waals surface area contributed by atoms with Gasteiger partial charge in [-0.05, 0) is 24.3 Å². The average Bonchev–Trinajstić information content (AvgIpc) is 2.47. The van der Waals surface area contributed by atoms with Gasteiger partial charge in [0.2, 0.25) is 5.91 Å². The summed E-state index contributed by atoms with van der Waals surface area (Å²) in [6.45, 7) is 0. The molecule has 2 aromatic carbocycles. The van der Waals surface area contributed by atoms with Crippen molar-refractivity contribution in [3.63, 3.8) is 0 Å². The Morgan fingerprint density at radius 3 is 2.71 bits per heavy atom. The SMILES string of the molecule is COc1cccc(NC(=O)CS(=O)c2ccccc2N)c1. The lowest BCUT2D eigenvalue weighted by Gasteiger charge is -2.08. The average molecular weight is 304 g/mol. The van der Waals surface area contributed by atoms with Gasteiger partial charge in [0.05, 0.1) is 22.8 Å². The van der Waals surface area contributed by atoms with Crippen LogP contribution in [0.25, 0.3) is 0 Å². The third kappa shape index (κ3) is 4.06. The molecule has 0 aliphatic heterocycles. The Bertz CT molecular complexity index is 673. The maximum Gasteiger partial charge on any atom is 0.237 e. The zero-order chi connectivity index (χ0) is 15.2. The molecule has 1 amide bonds. The lowest BCUT2D eigenvalue weighted by Crippen LogP contribution is -2.20. The second kappa shape index (κ2) is 6.90. The van der Waals surface area contributed by atoms with Gasteiger partial charge >= 0.3 is 0 Å². The van der Waals surface area contributed by atoms with Gasteiger partial charge in [0.15, 0.2) is 0 Å². The number of nitrogens with two attached hydrogens (primary N) is 1. The van der Waals surface area contributed by atoms with Gasteiger partial charge in [0.25, 0.3) is 0 Å². The van der Waals surface area contributed by atoms with E-state index in [4.69, 9.17) is 10.5 Å². The number of carbonyl (C=O) groups excluding carboxylic acids is 1.